The van der Waals surface area contributed by atoms with Gasteiger partial charge in [-0.25, -0.2) is 4.79 Å². The molecular formula is C16H16N2O4. The van der Waals surface area contributed by atoms with E-state index >= 15 is 0 Å². The van der Waals surface area contributed by atoms with Crippen LogP contribution in [0.15, 0.2) is 27.5 Å². The summed E-state index contributed by atoms with van der Waals surface area (Å²) in [7, 11) is 1.28. The average Bonchev–Trinajstić information content (AvgIpc) is 2.93. The number of nitriles is 1. The van der Waals surface area contributed by atoms with Gasteiger partial charge in [-0.05, 0) is 24.6 Å². The summed E-state index contributed by atoms with van der Waals surface area (Å²) in [6, 6.07) is 5.21. The van der Waals surface area contributed by atoms with Crippen LogP contribution in [0.25, 0.3) is 0 Å². The zero-order valence-electron chi connectivity index (χ0n) is 12.7. The summed E-state index contributed by atoms with van der Waals surface area (Å²) < 4.78 is 11.5. The van der Waals surface area contributed by atoms with Crippen LogP contribution in [0, 0.1) is 18.3 Å². The van der Waals surface area contributed by atoms with Gasteiger partial charge in [0, 0.05) is 18.2 Å². The van der Waals surface area contributed by atoms with E-state index in [0.717, 1.165) is 5.56 Å². The van der Waals surface area contributed by atoms with Crippen molar-refractivity contribution in [2.75, 3.05) is 7.11 Å². The number of carbonyl (C=O) groups excluding carboxylic acids is 1. The number of furan rings is 1. The van der Waals surface area contributed by atoms with Crippen molar-refractivity contribution in [2.24, 2.45) is 0 Å². The third-order valence-corrected chi connectivity index (χ3v) is 3.43. The van der Waals surface area contributed by atoms with Crippen LogP contribution >= 0.6 is 0 Å². The maximum Gasteiger partial charge on any atom is 0.373 e. The van der Waals surface area contributed by atoms with Gasteiger partial charge in [-0.15, -0.1) is 0 Å². The van der Waals surface area contributed by atoms with Crippen molar-refractivity contribution in [2.45, 2.75) is 26.8 Å². The predicted molar refractivity (Wildman–Crippen MR) is 78.7 cm³/mol. The van der Waals surface area contributed by atoms with Crippen LogP contribution in [-0.4, -0.2) is 17.6 Å². The fourth-order valence-electron chi connectivity index (χ4n) is 2.21. The Hall–Kier alpha value is -2.81. The lowest BCUT2D eigenvalue weighted by molar-refractivity contribution is 0.0563. The van der Waals surface area contributed by atoms with Gasteiger partial charge in [0.15, 0.2) is 0 Å². The molecule has 0 radical (unpaired) electrons. The summed E-state index contributed by atoms with van der Waals surface area (Å²) in [6.07, 6.45) is 2.21. The fourth-order valence-corrected chi connectivity index (χ4v) is 2.21. The van der Waals surface area contributed by atoms with E-state index in [2.05, 4.69) is 4.74 Å². The standard InChI is InChI=1S/C16H16N2O4/c1-4-13-11(7-14(22-13)16(20)21-3)9-18-6-5-10(2)12(8-17)15(18)19/h5-7H,4,9H2,1-3H3. The van der Waals surface area contributed by atoms with Crippen molar-refractivity contribution in [3.8, 4) is 6.07 Å². The van der Waals surface area contributed by atoms with Crippen LogP contribution in [0.2, 0.25) is 0 Å². The number of methoxy groups -OCH3 is 1. The molecule has 0 fully saturated rings. The Bertz CT molecular complexity index is 809. The highest BCUT2D eigenvalue weighted by atomic mass is 16.5. The Balaban J connectivity index is 2.44. The number of carbonyl (C=O) groups is 1. The predicted octanol–water partition coefficient (Wildman–Crippen LogP) is 2.02. The Morgan fingerprint density at radius 2 is 2.23 bits per heavy atom. The largest absolute Gasteiger partial charge is 0.463 e. The van der Waals surface area contributed by atoms with Crippen LogP contribution in [0.1, 0.15) is 39.9 Å². The van der Waals surface area contributed by atoms with Crippen LogP contribution in [0.5, 0.6) is 0 Å². The van der Waals surface area contributed by atoms with Crippen molar-refractivity contribution in [3.05, 3.63) is 56.9 Å². The van der Waals surface area contributed by atoms with Gasteiger partial charge >= 0.3 is 5.97 Å². The second kappa shape index (κ2) is 6.31. The molecule has 6 heteroatoms. The third-order valence-electron chi connectivity index (χ3n) is 3.43. The lowest BCUT2D eigenvalue weighted by atomic mass is 10.1. The summed E-state index contributed by atoms with van der Waals surface area (Å²) in [5.41, 5.74) is 1.13. The van der Waals surface area contributed by atoms with Crippen LogP contribution in [0.3, 0.4) is 0 Å². The van der Waals surface area contributed by atoms with Crippen molar-refractivity contribution in [3.63, 3.8) is 0 Å². The molecule has 0 unspecified atom stereocenters. The fraction of sp³-hybridized carbons (Fsp3) is 0.312. The molecule has 0 aliphatic heterocycles. The first-order chi connectivity index (χ1) is 10.5. The molecule has 2 rings (SSSR count). The lowest BCUT2D eigenvalue weighted by Gasteiger charge is -2.07. The van der Waals surface area contributed by atoms with Gasteiger partial charge in [0.2, 0.25) is 5.76 Å². The number of rotatable bonds is 4. The molecule has 0 aliphatic rings. The molecule has 0 N–H and O–H groups in total. The minimum Gasteiger partial charge on any atom is -0.463 e. The highest BCUT2D eigenvalue weighted by molar-refractivity contribution is 5.86. The zero-order chi connectivity index (χ0) is 16.3. The van der Waals surface area contributed by atoms with E-state index in [-0.39, 0.29) is 23.4 Å². The molecule has 2 heterocycles. The summed E-state index contributed by atoms with van der Waals surface area (Å²) >= 11 is 0. The summed E-state index contributed by atoms with van der Waals surface area (Å²) in [5.74, 6) is 0.163. The molecule has 114 valence electrons. The first-order valence-electron chi connectivity index (χ1n) is 6.81. The SMILES string of the molecule is CCc1oc(C(=O)OC)cc1Cn1ccc(C)c(C#N)c1=O. The lowest BCUT2D eigenvalue weighted by Crippen LogP contribution is -2.23. The second-order valence-corrected chi connectivity index (χ2v) is 4.82. The maximum absolute atomic E-state index is 12.2. The van der Waals surface area contributed by atoms with E-state index < -0.39 is 5.97 Å². The molecule has 2 aromatic heterocycles. The third kappa shape index (κ3) is 2.79. The van der Waals surface area contributed by atoms with E-state index in [1.165, 1.54) is 11.7 Å². The van der Waals surface area contributed by atoms with E-state index in [4.69, 9.17) is 9.68 Å². The van der Waals surface area contributed by atoms with Gasteiger partial charge in [-0.1, -0.05) is 6.92 Å². The Morgan fingerprint density at radius 1 is 1.50 bits per heavy atom. The Labute approximate surface area is 127 Å². The van der Waals surface area contributed by atoms with Crippen molar-refractivity contribution >= 4 is 5.97 Å². The number of ether oxygens (including phenoxy) is 1. The first-order valence-corrected chi connectivity index (χ1v) is 6.81. The van der Waals surface area contributed by atoms with E-state index in [1.807, 2.05) is 13.0 Å². The van der Waals surface area contributed by atoms with Crippen molar-refractivity contribution in [1.29, 1.82) is 5.26 Å². The highest BCUT2D eigenvalue weighted by Crippen LogP contribution is 2.18. The minimum absolute atomic E-state index is 0.106. The Kier molecular flexibility index (Phi) is 4.47. The summed E-state index contributed by atoms with van der Waals surface area (Å²) in [6.45, 7) is 3.84. The Morgan fingerprint density at radius 3 is 2.82 bits per heavy atom. The molecule has 0 spiro atoms. The normalized spacial score (nSPS) is 10.3. The van der Waals surface area contributed by atoms with Crippen LogP contribution in [-0.2, 0) is 17.7 Å². The molecule has 0 atom stereocenters. The number of hydrogen-bond acceptors (Lipinski definition) is 5. The molecular weight excluding hydrogens is 284 g/mol. The van der Waals surface area contributed by atoms with Crippen LogP contribution in [0.4, 0.5) is 0 Å². The van der Waals surface area contributed by atoms with Gasteiger partial charge in [0.25, 0.3) is 5.56 Å². The topological polar surface area (TPSA) is 85.2 Å². The molecule has 0 bridgehead atoms. The monoisotopic (exact) mass is 300 g/mol. The van der Waals surface area contributed by atoms with E-state index in [9.17, 15) is 9.59 Å². The number of aromatic nitrogens is 1. The molecule has 0 aromatic carbocycles. The van der Waals surface area contributed by atoms with Gasteiger partial charge in [-0.3, -0.25) is 4.79 Å². The smallest absolute Gasteiger partial charge is 0.373 e. The minimum atomic E-state index is -0.560. The van der Waals surface area contributed by atoms with E-state index in [0.29, 0.717) is 17.7 Å². The number of esters is 1. The van der Waals surface area contributed by atoms with Crippen molar-refractivity contribution in [1.82, 2.24) is 4.57 Å². The molecule has 0 aliphatic carbocycles. The van der Waals surface area contributed by atoms with Gasteiger partial charge in [0.05, 0.1) is 13.7 Å². The quantitative estimate of drug-likeness (QED) is 0.806. The highest BCUT2D eigenvalue weighted by Gasteiger charge is 2.17. The summed E-state index contributed by atoms with van der Waals surface area (Å²) in [5, 5.41) is 9.06. The molecule has 6 nitrogen and oxygen atoms in total. The molecule has 2 aromatic rings. The number of nitrogens with zero attached hydrogens (tertiary/aromatic N) is 2. The summed E-state index contributed by atoms with van der Waals surface area (Å²) in [4.78, 5) is 23.8. The zero-order valence-corrected chi connectivity index (χ0v) is 12.7. The van der Waals surface area contributed by atoms with Gasteiger partial charge in [-0.2, -0.15) is 5.26 Å². The average molecular weight is 300 g/mol. The van der Waals surface area contributed by atoms with Crippen molar-refractivity contribution < 1.29 is 13.9 Å². The number of hydrogen-bond donors (Lipinski definition) is 0. The number of aryl methyl sites for hydroxylation is 2. The van der Waals surface area contributed by atoms with Gasteiger partial charge in [0.1, 0.15) is 17.4 Å². The molecule has 0 amide bonds. The van der Waals surface area contributed by atoms with Gasteiger partial charge < -0.3 is 13.7 Å². The van der Waals surface area contributed by atoms with E-state index in [1.54, 1.807) is 25.3 Å². The maximum atomic E-state index is 12.2. The molecule has 0 saturated heterocycles. The van der Waals surface area contributed by atoms with Crippen LogP contribution < -0.4 is 5.56 Å². The number of pyridine rings is 1. The molecule has 0 saturated carbocycles. The second-order valence-electron chi connectivity index (χ2n) is 4.82. The first kappa shape index (κ1) is 15.6. The molecule has 22 heavy (non-hydrogen) atoms.